The molecule has 1 fully saturated rings. The van der Waals surface area contributed by atoms with Crippen molar-refractivity contribution in [1.29, 1.82) is 0 Å². The SMILES string of the molecule is CCC(CC1CC1)NC(C)c1ccc(C)cc1O. The van der Waals surface area contributed by atoms with Gasteiger partial charge in [-0.25, -0.2) is 0 Å². The molecule has 0 aromatic heterocycles. The highest BCUT2D eigenvalue weighted by atomic mass is 16.3. The third-order valence-corrected chi connectivity index (χ3v) is 3.95. The third kappa shape index (κ3) is 3.49. The van der Waals surface area contributed by atoms with E-state index in [1.807, 2.05) is 19.1 Å². The molecule has 18 heavy (non-hydrogen) atoms. The quantitative estimate of drug-likeness (QED) is 0.798. The van der Waals surface area contributed by atoms with Crippen LogP contribution < -0.4 is 5.32 Å². The van der Waals surface area contributed by atoms with Gasteiger partial charge in [-0.1, -0.05) is 31.9 Å². The van der Waals surface area contributed by atoms with Crippen LogP contribution in [0.15, 0.2) is 18.2 Å². The molecule has 2 N–H and O–H groups in total. The van der Waals surface area contributed by atoms with E-state index in [9.17, 15) is 5.11 Å². The van der Waals surface area contributed by atoms with Crippen LogP contribution in [-0.4, -0.2) is 11.1 Å². The van der Waals surface area contributed by atoms with E-state index in [0.29, 0.717) is 11.8 Å². The maximum absolute atomic E-state index is 10.0. The Morgan fingerprint density at radius 2 is 2.11 bits per heavy atom. The Kier molecular flexibility index (Phi) is 4.28. The predicted molar refractivity (Wildman–Crippen MR) is 75.8 cm³/mol. The molecular weight excluding hydrogens is 222 g/mol. The Labute approximate surface area is 110 Å². The molecule has 0 saturated heterocycles. The minimum atomic E-state index is 0.217. The molecule has 1 aromatic rings. The molecule has 100 valence electrons. The summed E-state index contributed by atoms with van der Waals surface area (Å²) in [7, 11) is 0. The van der Waals surface area contributed by atoms with E-state index in [1.165, 1.54) is 19.3 Å². The lowest BCUT2D eigenvalue weighted by molar-refractivity contribution is 0.391. The maximum atomic E-state index is 10.0. The van der Waals surface area contributed by atoms with Crippen LogP contribution in [-0.2, 0) is 0 Å². The molecule has 0 amide bonds. The molecule has 1 aliphatic carbocycles. The lowest BCUT2D eigenvalue weighted by Crippen LogP contribution is -2.31. The number of phenols is 1. The Morgan fingerprint density at radius 1 is 1.39 bits per heavy atom. The second kappa shape index (κ2) is 5.75. The summed E-state index contributed by atoms with van der Waals surface area (Å²) in [6, 6.07) is 6.74. The highest BCUT2D eigenvalue weighted by molar-refractivity contribution is 5.37. The molecule has 0 radical (unpaired) electrons. The van der Waals surface area contributed by atoms with E-state index in [4.69, 9.17) is 0 Å². The van der Waals surface area contributed by atoms with E-state index >= 15 is 0 Å². The lowest BCUT2D eigenvalue weighted by Gasteiger charge is -2.23. The van der Waals surface area contributed by atoms with Crippen LogP contribution in [0.1, 0.15) is 56.7 Å². The van der Waals surface area contributed by atoms with Gasteiger partial charge in [0.2, 0.25) is 0 Å². The first-order chi connectivity index (χ1) is 8.60. The summed E-state index contributed by atoms with van der Waals surface area (Å²) in [5.74, 6) is 1.36. The molecule has 2 atom stereocenters. The van der Waals surface area contributed by atoms with Crippen LogP contribution in [0.4, 0.5) is 0 Å². The second-order valence-electron chi connectivity index (χ2n) is 5.73. The highest BCUT2D eigenvalue weighted by Gasteiger charge is 2.25. The summed E-state index contributed by atoms with van der Waals surface area (Å²) in [5.41, 5.74) is 2.11. The van der Waals surface area contributed by atoms with Gasteiger partial charge in [0.1, 0.15) is 5.75 Å². The zero-order valence-electron chi connectivity index (χ0n) is 11.7. The molecule has 1 aromatic carbocycles. The molecule has 0 spiro atoms. The van der Waals surface area contributed by atoms with Crippen molar-refractivity contribution in [3.8, 4) is 5.75 Å². The van der Waals surface area contributed by atoms with Crippen molar-refractivity contribution in [2.45, 2.75) is 58.5 Å². The first-order valence-electron chi connectivity index (χ1n) is 7.15. The second-order valence-corrected chi connectivity index (χ2v) is 5.73. The van der Waals surface area contributed by atoms with Crippen molar-refractivity contribution in [1.82, 2.24) is 5.32 Å². The molecule has 0 bridgehead atoms. The van der Waals surface area contributed by atoms with E-state index in [0.717, 1.165) is 23.5 Å². The molecule has 0 aliphatic heterocycles. The average Bonchev–Trinajstić information content (AvgIpc) is 3.11. The predicted octanol–water partition coefficient (Wildman–Crippen LogP) is 3.93. The third-order valence-electron chi connectivity index (χ3n) is 3.95. The van der Waals surface area contributed by atoms with Crippen molar-refractivity contribution >= 4 is 0 Å². The van der Waals surface area contributed by atoms with Crippen molar-refractivity contribution in [3.05, 3.63) is 29.3 Å². The van der Waals surface area contributed by atoms with Gasteiger partial charge < -0.3 is 10.4 Å². The number of rotatable bonds is 6. The van der Waals surface area contributed by atoms with Gasteiger partial charge in [0, 0.05) is 17.6 Å². The topological polar surface area (TPSA) is 32.3 Å². The molecule has 2 unspecified atom stereocenters. The van der Waals surface area contributed by atoms with Gasteiger partial charge in [0.25, 0.3) is 0 Å². The van der Waals surface area contributed by atoms with Gasteiger partial charge in [-0.3, -0.25) is 0 Å². The van der Waals surface area contributed by atoms with Crippen LogP contribution >= 0.6 is 0 Å². The number of phenolic OH excluding ortho intramolecular Hbond substituents is 1. The summed E-state index contributed by atoms with van der Waals surface area (Å²) in [6.07, 6.45) is 5.26. The summed E-state index contributed by atoms with van der Waals surface area (Å²) in [5, 5.41) is 13.7. The first kappa shape index (κ1) is 13.4. The van der Waals surface area contributed by atoms with Crippen LogP contribution in [0, 0.1) is 12.8 Å². The average molecular weight is 247 g/mol. The highest BCUT2D eigenvalue weighted by Crippen LogP contribution is 2.35. The summed E-state index contributed by atoms with van der Waals surface area (Å²) in [6.45, 7) is 6.38. The van der Waals surface area contributed by atoms with Gasteiger partial charge in [-0.2, -0.15) is 0 Å². The van der Waals surface area contributed by atoms with Crippen molar-refractivity contribution in [3.63, 3.8) is 0 Å². The van der Waals surface area contributed by atoms with Crippen LogP contribution in [0.5, 0.6) is 5.75 Å². The fourth-order valence-electron chi connectivity index (χ4n) is 2.57. The number of hydrogen-bond donors (Lipinski definition) is 2. The smallest absolute Gasteiger partial charge is 0.120 e. The van der Waals surface area contributed by atoms with E-state index < -0.39 is 0 Å². The summed E-state index contributed by atoms with van der Waals surface area (Å²) >= 11 is 0. The number of nitrogens with one attached hydrogen (secondary N) is 1. The molecule has 2 heteroatoms. The normalized spacial score (nSPS) is 18.6. The number of hydrogen-bond acceptors (Lipinski definition) is 2. The molecule has 2 rings (SSSR count). The van der Waals surface area contributed by atoms with Gasteiger partial charge >= 0.3 is 0 Å². The van der Waals surface area contributed by atoms with E-state index in [2.05, 4.69) is 25.2 Å². The Balaban J connectivity index is 1.98. The Morgan fingerprint density at radius 3 is 2.67 bits per heavy atom. The minimum Gasteiger partial charge on any atom is -0.508 e. The Hall–Kier alpha value is -1.02. The van der Waals surface area contributed by atoms with E-state index in [1.54, 1.807) is 0 Å². The van der Waals surface area contributed by atoms with Crippen molar-refractivity contribution in [2.75, 3.05) is 0 Å². The van der Waals surface area contributed by atoms with Crippen molar-refractivity contribution < 1.29 is 5.11 Å². The molecule has 2 nitrogen and oxygen atoms in total. The molecular formula is C16H25NO. The fourth-order valence-corrected chi connectivity index (χ4v) is 2.57. The molecule has 1 saturated carbocycles. The summed E-state index contributed by atoms with van der Waals surface area (Å²) in [4.78, 5) is 0. The number of benzene rings is 1. The minimum absolute atomic E-state index is 0.217. The first-order valence-corrected chi connectivity index (χ1v) is 7.15. The zero-order valence-corrected chi connectivity index (χ0v) is 11.7. The van der Waals surface area contributed by atoms with Crippen LogP contribution in [0.2, 0.25) is 0 Å². The lowest BCUT2D eigenvalue weighted by atomic mass is 10.0. The van der Waals surface area contributed by atoms with Crippen LogP contribution in [0.25, 0.3) is 0 Å². The summed E-state index contributed by atoms with van der Waals surface area (Å²) < 4.78 is 0. The van der Waals surface area contributed by atoms with Gasteiger partial charge in [-0.15, -0.1) is 0 Å². The monoisotopic (exact) mass is 247 g/mol. The van der Waals surface area contributed by atoms with Gasteiger partial charge in [0.05, 0.1) is 0 Å². The van der Waals surface area contributed by atoms with Gasteiger partial charge in [-0.05, 0) is 44.2 Å². The number of aromatic hydroxyl groups is 1. The largest absolute Gasteiger partial charge is 0.508 e. The maximum Gasteiger partial charge on any atom is 0.120 e. The fraction of sp³-hybridized carbons (Fsp3) is 0.625. The standard InChI is InChI=1S/C16H25NO/c1-4-14(10-13-6-7-13)17-12(3)15-8-5-11(2)9-16(15)18/h5,8-9,12-14,17-18H,4,6-7,10H2,1-3H3. The van der Waals surface area contributed by atoms with Crippen molar-refractivity contribution in [2.24, 2.45) is 5.92 Å². The Bertz CT molecular complexity index is 398. The number of aryl methyl sites for hydroxylation is 1. The molecule has 1 aliphatic rings. The van der Waals surface area contributed by atoms with E-state index in [-0.39, 0.29) is 6.04 Å². The zero-order chi connectivity index (χ0) is 13.1. The van der Waals surface area contributed by atoms with Gasteiger partial charge in [0.15, 0.2) is 0 Å². The van der Waals surface area contributed by atoms with Crippen LogP contribution in [0.3, 0.4) is 0 Å². The molecule has 0 heterocycles.